The first-order chi connectivity index (χ1) is 18.4. The van der Waals surface area contributed by atoms with E-state index in [2.05, 4.69) is 82.6 Å². The Hall–Kier alpha value is -4.04. The average Bonchev–Trinajstić information content (AvgIpc) is 3.57. The molecule has 0 radical (unpaired) electrons. The molecule has 3 aromatic heterocycles. The molecule has 0 aliphatic rings. The zero-order valence-electron chi connectivity index (χ0n) is 22.4. The summed E-state index contributed by atoms with van der Waals surface area (Å²) in [7, 11) is 0. The number of aromatic amines is 1. The van der Waals surface area contributed by atoms with E-state index in [1.54, 1.807) is 10.9 Å². The van der Waals surface area contributed by atoms with Crippen molar-refractivity contribution in [2.24, 2.45) is 0 Å². The van der Waals surface area contributed by atoms with Gasteiger partial charge >= 0.3 is 0 Å². The summed E-state index contributed by atoms with van der Waals surface area (Å²) in [6.45, 7) is 10.1. The molecular formula is C30H34N6O2. The molecule has 8 nitrogen and oxygen atoms in total. The molecule has 8 heteroatoms. The molecule has 196 valence electrons. The number of benzene rings is 2. The van der Waals surface area contributed by atoms with E-state index in [0.717, 1.165) is 53.0 Å². The number of H-pyrrole nitrogens is 1. The van der Waals surface area contributed by atoms with Gasteiger partial charge in [0.25, 0.3) is 5.56 Å². The molecule has 5 rings (SSSR count). The third-order valence-electron chi connectivity index (χ3n) is 7.24. The van der Waals surface area contributed by atoms with E-state index in [-0.39, 0.29) is 11.6 Å². The maximum absolute atomic E-state index is 13.3. The van der Waals surface area contributed by atoms with Gasteiger partial charge in [-0.1, -0.05) is 42.8 Å². The minimum Gasteiger partial charge on any atom is -0.467 e. The van der Waals surface area contributed by atoms with Crippen molar-refractivity contribution >= 4 is 10.9 Å². The summed E-state index contributed by atoms with van der Waals surface area (Å²) in [5.74, 6) is 1.55. The fourth-order valence-electron chi connectivity index (χ4n) is 5.29. The predicted octanol–water partition coefficient (Wildman–Crippen LogP) is 5.28. The number of hydrogen-bond donors (Lipinski definition) is 1. The van der Waals surface area contributed by atoms with Crippen LogP contribution in [0.2, 0.25) is 0 Å². The molecule has 0 unspecified atom stereocenters. The van der Waals surface area contributed by atoms with Gasteiger partial charge in [0.1, 0.15) is 12.3 Å². The van der Waals surface area contributed by atoms with Crippen LogP contribution >= 0.6 is 0 Å². The SMILES string of the molecule is CC[C@@H](c1nnnn1Cc1ccco1)N(CCc1ccccc1C)Cc1cc2cc(C)cc(C)c2[nH]c1=O. The highest BCUT2D eigenvalue weighted by Crippen LogP contribution is 2.26. The van der Waals surface area contributed by atoms with Crippen molar-refractivity contribution in [1.82, 2.24) is 30.1 Å². The normalized spacial score (nSPS) is 12.4. The maximum Gasteiger partial charge on any atom is 0.252 e. The molecule has 1 N–H and O–H groups in total. The van der Waals surface area contributed by atoms with Crippen LogP contribution in [0.25, 0.3) is 10.9 Å². The Labute approximate surface area is 222 Å². The van der Waals surface area contributed by atoms with Gasteiger partial charge in [-0.3, -0.25) is 9.69 Å². The van der Waals surface area contributed by atoms with Crippen LogP contribution in [0.5, 0.6) is 0 Å². The van der Waals surface area contributed by atoms with Crippen LogP contribution in [0, 0.1) is 20.8 Å². The molecule has 0 spiro atoms. The van der Waals surface area contributed by atoms with E-state index in [9.17, 15) is 4.79 Å². The monoisotopic (exact) mass is 510 g/mol. The second-order valence-electron chi connectivity index (χ2n) is 10.0. The van der Waals surface area contributed by atoms with Gasteiger partial charge in [-0.25, -0.2) is 4.68 Å². The molecule has 38 heavy (non-hydrogen) atoms. The van der Waals surface area contributed by atoms with Crippen LogP contribution in [0.3, 0.4) is 0 Å². The molecule has 5 aromatic rings. The predicted molar refractivity (Wildman–Crippen MR) is 148 cm³/mol. The quantitative estimate of drug-likeness (QED) is 0.275. The Morgan fingerprint density at radius 2 is 1.87 bits per heavy atom. The van der Waals surface area contributed by atoms with Crippen LogP contribution < -0.4 is 5.56 Å². The number of hydrogen-bond acceptors (Lipinski definition) is 6. The summed E-state index contributed by atoms with van der Waals surface area (Å²) < 4.78 is 7.35. The second-order valence-corrected chi connectivity index (χ2v) is 10.0. The number of aromatic nitrogens is 5. The number of fused-ring (bicyclic) bond motifs is 1. The van der Waals surface area contributed by atoms with Crippen molar-refractivity contribution in [3.05, 3.63) is 111 Å². The lowest BCUT2D eigenvalue weighted by atomic mass is 10.0. The largest absolute Gasteiger partial charge is 0.467 e. The highest BCUT2D eigenvalue weighted by Gasteiger charge is 2.26. The zero-order chi connectivity index (χ0) is 26.6. The number of tetrazole rings is 1. The molecule has 0 amide bonds. The third-order valence-corrected chi connectivity index (χ3v) is 7.24. The summed E-state index contributed by atoms with van der Waals surface area (Å²) in [4.78, 5) is 18.7. The smallest absolute Gasteiger partial charge is 0.252 e. The lowest BCUT2D eigenvalue weighted by Crippen LogP contribution is -2.34. The number of furan rings is 1. The van der Waals surface area contributed by atoms with Crippen LogP contribution in [0.1, 0.15) is 58.8 Å². The molecule has 0 bridgehead atoms. The summed E-state index contributed by atoms with van der Waals surface area (Å²) in [6, 6.07) is 18.4. The Morgan fingerprint density at radius 3 is 2.63 bits per heavy atom. The van der Waals surface area contributed by atoms with Crippen molar-refractivity contribution in [1.29, 1.82) is 0 Å². The summed E-state index contributed by atoms with van der Waals surface area (Å²) >= 11 is 0. The molecule has 0 saturated carbocycles. The van der Waals surface area contributed by atoms with Crippen LogP contribution in [-0.4, -0.2) is 36.6 Å². The molecule has 2 aromatic carbocycles. The van der Waals surface area contributed by atoms with Gasteiger partial charge in [0.15, 0.2) is 5.82 Å². The molecule has 0 aliphatic heterocycles. The van der Waals surface area contributed by atoms with Crippen molar-refractivity contribution in [3.8, 4) is 0 Å². The molecule has 3 heterocycles. The summed E-state index contributed by atoms with van der Waals surface area (Å²) in [5, 5.41) is 13.7. The van der Waals surface area contributed by atoms with Crippen LogP contribution in [-0.2, 0) is 19.5 Å². The molecule has 0 aliphatic carbocycles. The number of aryl methyl sites for hydroxylation is 3. The lowest BCUT2D eigenvalue weighted by molar-refractivity contribution is 0.171. The van der Waals surface area contributed by atoms with E-state index in [4.69, 9.17) is 4.42 Å². The maximum atomic E-state index is 13.3. The Balaban J connectivity index is 1.51. The molecular weight excluding hydrogens is 476 g/mol. The first-order valence-corrected chi connectivity index (χ1v) is 13.1. The number of pyridine rings is 1. The summed E-state index contributed by atoms with van der Waals surface area (Å²) in [5.41, 5.74) is 6.37. The lowest BCUT2D eigenvalue weighted by Gasteiger charge is -2.30. The number of rotatable bonds is 10. The van der Waals surface area contributed by atoms with Crippen molar-refractivity contribution in [2.75, 3.05) is 6.54 Å². The van der Waals surface area contributed by atoms with Gasteiger partial charge in [0, 0.05) is 18.7 Å². The van der Waals surface area contributed by atoms with E-state index in [0.29, 0.717) is 13.1 Å². The first-order valence-electron chi connectivity index (χ1n) is 13.1. The third kappa shape index (κ3) is 5.45. The van der Waals surface area contributed by atoms with Crippen molar-refractivity contribution < 1.29 is 4.42 Å². The van der Waals surface area contributed by atoms with E-state index >= 15 is 0 Å². The fourth-order valence-corrected chi connectivity index (χ4v) is 5.29. The van der Waals surface area contributed by atoms with Gasteiger partial charge < -0.3 is 9.40 Å². The highest BCUT2D eigenvalue weighted by atomic mass is 16.3. The van der Waals surface area contributed by atoms with Crippen LogP contribution in [0.15, 0.2) is 70.1 Å². The van der Waals surface area contributed by atoms with Crippen molar-refractivity contribution in [2.45, 2.75) is 59.7 Å². The van der Waals surface area contributed by atoms with Gasteiger partial charge in [-0.2, -0.15) is 0 Å². The van der Waals surface area contributed by atoms with E-state index < -0.39 is 0 Å². The molecule has 0 fully saturated rings. The van der Waals surface area contributed by atoms with Crippen molar-refractivity contribution in [3.63, 3.8) is 0 Å². The average molecular weight is 511 g/mol. The Morgan fingerprint density at radius 1 is 1.03 bits per heavy atom. The van der Waals surface area contributed by atoms with E-state index in [1.165, 1.54) is 16.7 Å². The second kappa shape index (κ2) is 11.1. The van der Waals surface area contributed by atoms with E-state index in [1.807, 2.05) is 25.1 Å². The van der Waals surface area contributed by atoms with Crippen LogP contribution in [0.4, 0.5) is 0 Å². The standard InChI is InChI=1S/C30H34N6O2/c1-5-27(29-32-33-34-36(29)19-26-11-8-14-38-26)35(13-12-23-10-7-6-9-21(23)3)18-25-17-24-16-20(2)15-22(4)28(24)31-30(25)37/h6-11,14-17,27H,5,12-13,18-19H2,1-4H3,(H,31,37)/t27-/m0/s1. The van der Waals surface area contributed by atoms with Gasteiger partial charge in [0.2, 0.25) is 0 Å². The number of nitrogens with zero attached hydrogens (tertiary/aromatic N) is 5. The van der Waals surface area contributed by atoms with Gasteiger partial charge in [-0.05, 0) is 90.4 Å². The number of nitrogens with one attached hydrogen (secondary N) is 1. The van der Waals surface area contributed by atoms with Gasteiger partial charge in [0.05, 0.1) is 17.8 Å². The van der Waals surface area contributed by atoms with Gasteiger partial charge in [-0.15, -0.1) is 5.10 Å². The molecule has 1 atom stereocenters. The minimum atomic E-state index is -0.0849. The fraction of sp³-hybridized carbons (Fsp3) is 0.333. The first kappa shape index (κ1) is 25.6. The topological polar surface area (TPSA) is 92.8 Å². The Bertz CT molecular complexity index is 1580. The minimum absolute atomic E-state index is 0.0598. The zero-order valence-corrected chi connectivity index (χ0v) is 22.4. The Kier molecular flexibility index (Phi) is 7.51. The highest BCUT2D eigenvalue weighted by molar-refractivity contribution is 5.82. The summed E-state index contributed by atoms with van der Waals surface area (Å²) in [6.07, 6.45) is 3.29. The molecule has 0 saturated heterocycles.